The average Bonchev–Trinajstić information content (AvgIpc) is 3.39. The first kappa shape index (κ1) is 68.6. The summed E-state index contributed by atoms with van der Waals surface area (Å²) >= 11 is 0. The molecule has 1 unspecified atom stereocenters. The highest BCUT2D eigenvalue weighted by atomic mass is 16.6. The van der Waals surface area contributed by atoms with Crippen LogP contribution in [0.2, 0.25) is 0 Å². The number of unbranched alkanes of at least 4 members (excludes halogenated alkanes) is 19. The Hall–Kier alpha value is -4.45. The van der Waals surface area contributed by atoms with Crippen molar-refractivity contribution in [1.29, 1.82) is 0 Å². The lowest BCUT2D eigenvalue weighted by Crippen LogP contribution is -2.30. The fourth-order valence-electron chi connectivity index (χ4n) is 7.72. The van der Waals surface area contributed by atoms with Crippen molar-refractivity contribution in [3.8, 4) is 0 Å². The van der Waals surface area contributed by atoms with E-state index >= 15 is 0 Å². The topological polar surface area (TPSA) is 78.9 Å². The predicted octanol–water partition coefficient (Wildman–Crippen LogP) is 20.2. The Kier molecular flexibility index (Phi) is 56.4. The van der Waals surface area contributed by atoms with Crippen LogP contribution in [0, 0.1) is 0 Å². The standard InChI is InChI=1S/C67H108O6/c1-4-7-10-13-16-19-22-25-28-30-32-33-35-36-39-42-45-48-51-54-57-60-66(69)72-63-64(62-71-65(68)59-56-53-50-47-44-41-38-27-24-21-18-15-12-9-6-3)73-67(70)61-58-55-52-49-46-43-40-37-34-31-29-26-23-20-17-14-11-8-5-2/h8-9,11-12,17-18,20-22,25-27,29-30,32,34-38,44,47,64H,4-7,10,13-16,19,23-24,28,31,33,39-43,45-46,48-63H2,1-3H3/b11-8-,12-9-,20-17-,21-18-,25-22-,29-26-,32-30-,36-35-,37-34-,38-27-,47-44-. The first-order chi connectivity index (χ1) is 36.0. The summed E-state index contributed by atoms with van der Waals surface area (Å²) in [6.07, 6.45) is 84.4. The second-order valence-electron chi connectivity index (χ2n) is 19.1. The van der Waals surface area contributed by atoms with Gasteiger partial charge in [-0.15, -0.1) is 0 Å². The summed E-state index contributed by atoms with van der Waals surface area (Å²) in [5.74, 6) is -0.980. The highest BCUT2D eigenvalue weighted by molar-refractivity contribution is 5.71. The monoisotopic (exact) mass is 1010 g/mol. The van der Waals surface area contributed by atoms with Crippen LogP contribution in [0.25, 0.3) is 0 Å². The van der Waals surface area contributed by atoms with Crippen LogP contribution < -0.4 is 0 Å². The summed E-state index contributed by atoms with van der Waals surface area (Å²) in [5, 5.41) is 0. The van der Waals surface area contributed by atoms with E-state index in [-0.39, 0.29) is 31.1 Å². The first-order valence-corrected chi connectivity index (χ1v) is 29.7. The van der Waals surface area contributed by atoms with Crippen molar-refractivity contribution >= 4 is 17.9 Å². The molecule has 0 rings (SSSR count). The minimum Gasteiger partial charge on any atom is -0.462 e. The third-order valence-electron chi connectivity index (χ3n) is 12.1. The van der Waals surface area contributed by atoms with E-state index in [2.05, 4.69) is 154 Å². The smallest absolute Gasteiger partial charge is 0.306 e. The molecule has 0 heterocycles. The zero-order chi connectivity index (χ0) is 52.9. The summed E-state index contributed by atoms with van der Waals surface area (Å²) in [4.78, 5) is 38.2. The normalized spacial score (nSPS) is 13.1. The molecule has 6 heteroatoms. The number of carbonyl (C=O) groups excluding carboxylic acids is 3. The first-order valence-electron chi connectivity index (χ1n) is 29.7. The van der Waals surface area contributed by atoms with Crippen LogP contribution in [0.4, 0.5) is 0 Å². The van der Waals surface area contributed by atoms with E-state index < -0.39 is 6.10 Å². The van der Waals surface area contributed by atoms with E-state index in [4.69, 9.17) is 14.2 Å². The molecular weight excluding hydrogens is 901 g/mol. The van der Waals surface area contributed by atoms with E-state index in [1.807, 2.05) is 0 Å². The molecule has 0 aliphatic carbocycles. The average molecular weight is 1010 g/mol. The molecule has 1 atom stereocenters. The highest BCUT2D eigenvalue weighted by Gasteiger charge is 2.19. The summed E-state index contributed by atoms with van der Waals surface area (Å²) in [7, 11) is 0. The Balaban J connectivity index is 4.50. The van der Waals surface area contributed by atoms with E-state index in [9.17, 15) is 14.4 Å². The number of hydrogen-bond donors (Lipinski definition) is 0. The van der Waals surface area contributed by atoms with Crippen molar-refractivity contribution in [2.75, 3.05) is 13.2 Å². The molecule has 6 nitrogen and oxygen atoms in total. The van der Waals surface area contributed by atoms with Crippen LogP contribution in [0.5, 0.6) is 0 Å². The summed E-state index contributed by atoms with van der Waals surface area (Å²) < 4.78 is 16.8. The fraction of sp³-hybridized carbons (Fsp3) is 0.627. The van der Waals surface area contributed by atoms with Gasteiger partial charge in [-0.25, -0.2) is 0 Å². The van der Waals surface area contributed by atoms with Gasteiger partial charge in [0.2, 0.25) is 0 Å². The maximum atomic E-state index is 12.9. The van der Waals surface area contributed by atoms with Gasteiger partial charge in [-0.1, -0.05) is 231 Å². The Morgan fingerprint density at radius 3 is 0.863 bits per heavy atom. The molecule has 73 heavy (non-hydrogen) atoms. The Morgan fingerprint density at radius 1 is 0.288 bits per heavy atom. The molecule has 0 aliphatic rings. The van der Waals surface area contributed by atoms with Gasteiger partial charge in [0.15, 0.2) is 6.10 Å². The minimum absolute atomic E-state index is 0.109. The SMILES string of the molecule is CC/C=C\C/C=C\C/C=C\C/C=C\CCCCCCCCC(=O)OC(COC(=O)CCCC/C=C\C/C=C\C/C=C\C/C=C\CC)COC(=O)CCCCCCCC/C=C\C/C=C\C/C=C\CCCCCCC. The van der Waals surface area contributed by atoms with Crippen LogP contribution in [0.1, 0.15) is 252 Å². The largest absolute Gasteiger partial charge is 0.462 e. The van der Waals surface area contributed by atoms with Crippen molar-refractivity contribution < 1.29 is 28.6 Å². The van der Waals surface area contributed by atoms with E-state index in [0.717, 1.165) is 141 Å². The third kappa shape index (κ3) is 58.3. The molecular formula is C67H108O6. The summed E-state index contributed by atoms with van der Waals surface area (Å²) in [6.45, 7) is 6.34. The number of esters is 3. The maximum absolute atomic E-state index is 12.9. The molecule has 412 valence electrons. The van der Waals surface area contributed by atoms with Gasteiger partial charge in [0.1, 0.15) is 13.2 Å². The Labute approximate surface area is 449 Å². The number of carbonyl (C=O) groups is 3. The predicted molar refractivity (Wildman–Crippen MR) is 316 cm³/mol. The lowest BCUT2D eigenvalue weighted by molar-refractivity contribution is -0.167. The van der Waals surface area contributed by atoms with E-state index in [1.165, 1.54) is 64.2 Å². The van der Waals surface area contributed by atoms with Crippen molar-refractivity contribution in [2.45, 2.75) is 258 Å². The number of allylic oxidation sites excluding steroid dienone is 22. The molecule has 0 aromatic rings. The molecule has 0 radical (unpaired) electrons. The summed E-state index contributed by atoms with van der Waals surface area (Å²) in [5.41, 5.74) is 0. The number of hydrogen-bond acceptors (Lipinski definition) is 6. The van der Waals surface area contributed by atoms with Crippen molar-refractivity contribution in [1.82, 2.24) is 0 Å². The molecule has 0 saturated carbocycles. The van der Waals surface area contributed by atoms with Crippen molar-refractivity contribution in [3.63, 3.8) is 0 Å². The fourth-order valence-corrected chi connectivity index (χ4v) is 7.72. The van der Waals surface area contributed by atoms with Gasteiger partial charge in [0.25, 0.3) is 0 Å². The molecule has 0 aromatic carbocycles. The molecule has 0 aromatic heterocycles. The van der Waals surface area contributed by atoms with E-state index in [1.54, 1.807) is 0 Å². The van der Waals surface area contributed by atoms with Crippen molar-refractivity contribution in [3.05, 3.63) is 134 Å². The molecule has 0 spiro atoms. The minimum atomic E-state index is -0.815. The Bertz CT molecular complexity index is 1580. The number of rotatable bonds is 52. The maximum Gasteiger partial charge on any atom is 0.306 e. The van der Waals surface area contributed by atoms with Gasteiger partial charge in [-0.3, -0.25) is 14.4 Å². The van der Waals surface area contributed by atoms with Crippen LogP contribution >= 0.6 is 0 Å². The van der Waals surface area contributed by atoms with Crippen molar-refractivity contribution in [2.24, 2.45) is 0 Å². The molecule has 0 N–H and O–H groups in total. The molecule has 0 fully saturated rings. The molecule has 0 aliphatic heterocycles. The van der Waals surface area contributed by atoms with Crippen LogP contribution in [0.3, 0.4) is 0 Å². The van der Waals surface area contributed by atoms with Gasteiger partial charge in [0.05, 0.1) is 0 Å². The second kappa shape index (κ2) is 60.1. The van der Waals surface area contributed by atoms with Crippen LogP contribution in [0.15, 0.2) is 134 Å². The molecule has 0 bridgehead atoms. The van der Waals surface area contributed by atoms with E-state index in [0.29, 0.717) is 25.7 Å². The van der Waals surface area contributed by atoms with Crippen LogP contribution in [-0.2, 0) is 28.6 Å². The lowest BCUT2D eigenvalue weighted by atomic mass is 10.1. The zero-order valence-electron chi connectivity index (χ0n) is 47.1. The molecule has 0 saturated heterocycles. The lowest BCUT2D eigenvalue weighted by Gasteiger charge is -2.18. The van der Waals surface area contributed by atoms with Gasteiger partial charge in [0, 0.05) is 19.3 Å². The van der Waals surface area contributed by atoms with Gasteiger partial charge in [-0.05, 0) is 135 Å². The Morgan fingerprint density at radius 2 is 0.534 bits per heavy atom. The molecule has 0 amide bonds. The third-order valence-corrected chi connectivity index (χ3v) is 12.1. The quantitative estimate of drug-likeness (QED) is 0.0261. The second-order valence-corrected chi connectivity index (χ2v) is 19.1. The number of ether oxygens (including phenoxy) is 3. The van der Waals surface area contributed by atoms with Crippen LogP contribution in [-0.4, -0.2) is 37.2 Å². The van der Waals surface area contributed by atoms with Gasteiger partial charge >= 0.3 is 17.9 Å². The van der Waals surface area contributed by atoms with Gasteiger partial charge in [-0.2, -0.15) is 0 Å². The highest BCUT2D eigenvalue weighted by Crippen LogP contribution is 2.14. The van der Waals surface area contributed by atoms with Gasteiger partial charge < -0.3 is 14.2 Å². The zero-order valence-corrected chi connectivity index (χ0v) is 47.1. The summed E-state index contributed by atoms with van der Waals surface area (Å²) in [6, 6.07) is 0.